The van der Waals surface area contributed by atoms with Gasteiger partial charge >= 0.3 is 5.97 Å². The molecule has 1 rings (SSSR count). The summed E-state index contributed by atoms with van der Waals surface area (Å²) < 4.78 is 0. The van der Waals surface area contributed by atoms with Crippen LogP contribution in [0.25, 0.3) is 0 Å². The van der Waals surface area contributed by atoms with Gasteiger partial charge in [-0.15, -0.1) is 0 Å². The molecule has 1 aromatic rings. The number of carboxylic acids is 1. The summed E-state index contributed by atoms with van der Waals surface area (Å²) in [5.41, 5.74) is -0.0586. The Balaban J connectivity index is 2.72. The third-order valence-corrected chi connectivity index (χ3v) is 2.82. The molecule has 0 aliphatic rings. The zero-order valence-electron chi connectivity index (χ0n) is 10.6. The molecule has 0 bridgehead atoms. The Morgan fingerprint density at radius 3 is 2.65 bits per heavy atom. The third kappa shape index (κ3) is 4.85. The van der Waals surface area contributed by atoms with Gasteiger partial charge in [0.25, 0.3) is 5.69 Å². The molecule has 0 fully saturated rings. The molecule has 0 aliphatic carbocycles. The topological polar surface area (TPSA) is 110 Å². The number of nitrogens with one attached hydrogen (secondary N) is 1. The third-order valence-electron chi connectivity index (χ3n) is 2.49. The van der Waals surface area contributed by atoms with Crippen molar-refractivity contribution >= 4 is 34.9 Å². The van der Waals surface area contributed by atoms with Crippen molar-refractivity contribution < 1.29 is 19.6 Å². The molecule has 20 heavy (non-hydrogen) atoms. The summed E-state index contributed by atoms with van der Waals surface area (Å²) in [5.74, 6) is -1.77. The Morgan fingerprint density at radius 2 is 2.10 bits per heavy atom. The summed E-state index contributed by atoms with van der Waals surface area (Å²) in [7, 11) is 0. The van der Waals surface area contributed by atoms with Crippen LogP contribution < -0.4 is 5.32 Å². The van der Waals surface area contributed by atoms with E-state index in [1.807, 2.05) is 0 Å². The van der Waals surface area contributed by atoms with Crippen LogP contribution in [0.3, 0.4) is 0 Å². The molecule has 108 valence electrons. The van der Waals surface area contributed by atoms with Crippen molar-refractivity contribution in [2.24, 2.45) is 5.92 Å². The summed E-state index contributed by atoms with van der Waals surface area (Å²) in [4.78, 5) is 32.2. The maximum atomic E-state index is 11.7. The molecule has 0 heterocycles. The van der Waals surface area contributed by atoms with Crippen molar-refractivity contribution in [2.45, 2.75) is 19.8 Å². The number of benzene rings is 1. The molecule has 7 nitrogen and oxygen atoms in total. The molecule has 8 heteroatoms. The number of carboxylic acid groups (broad SMARTS) is 1. The van der Waals surface area contributed by atoms with E-state index in [0.29, 0.717) is 0 Å². The van der Waals surface area contributed by atoms with Crippen LogP contribution in [0, 0.1) is 16.0 Å². The lowest BCUT2D eigenvalue weighted by Crippen LogP contribution is -2.17. The van der Waals surface area contributed by atoms with Crippen molar-refractivity contribution in [2.75, 3.05) is 5.32 Å². The number of carbonyl (C=O) groups excluding carboxylic acids is 1. The van der Waals surface area contributed by atoms with Gasteiger partial charge in [0.2, 0.25) is 5.91 Å². The fraction of sp³-hybridized carbons (Fsp3) is 0.333. The van der Waals surface area contributed by atoms with E-state index in [9.17, 15) is 19.7 Å². The maximum Gasteiger partial charge on any atom is 0.303 e. The summed E-state index contributed by atoms with van der Waals surface area (Å²) in [6, 6.07) is 3.70. The minimum atomic E-state index is -0.987. The summed E-state index contributed by atoms with van der Waals surface area (Å²) in [5, 5.41) is 21.9. The minimum Gasteiger partial charge on any atom is -0.481 e. The van der Waals surface area contributed by atoms with Gasteiger partial charge in [-0.25, -0.2) is 0 Å². The Kier molecular flexibility index (Phi) is 5.45. The zero-order chi connectivity index (χ0) is 15.3. The highest BCUT2D eigenvalue weighted by atomic mass is 35.5. The predicted molar refractivity (Wildman–Crippen MR) is 72.8 cm³/mol. The van der Waals surface area contributed by atoms with E-state index in [0.717, 1.165) is 6.07 Å². The van der Waals surface area contributed by atoms with E-state index in [1.54, 1.807) is 6.92 Å². The second kappa shape index (κ2) is 6.85. The lowest BCUT2D eigenvalue weighted by Gasteiger charge is -2.10. The number of non-ortho nitro benzene ring substituents is 1. The second-order valence-corrected chi connectivity index (χ2v) is 4.78. The van der Waals surface area contributed by atoms with E-state index in [2.05, 4.69) is 5.32 Å². The normalized spacial score (nSPS) is 11.7. The molecule has 0 spiro atoms. The fourth-order valence-corrected chi connectivity index (χ4v) is 1.78. The molecule has 2 N–H and O–H groups in total. The van der Waals surface area contributed by atoms with E-state index in [-0.39, 0.29) is 35.2 Å². The van der Waals surface area contributed by atoms with Gasteiger partial charge < -0.3 is 10.4 Å². The molecule has 0 saturated carbocycles. The van der Waals surface area contributed by atoms with Crippen LogP contribution in [0.5, 0.6) is 0 Å². The number of halogens is 1. The van der Waals surface area contributed by atoms with Crippen LogP contribution in [-0.4, -0.2) is 21.9 Å². The highest BCUT2D eigenvalue weighted by Gasteiger charge is 2.15. The van der Waals surface area contributed by atoms with E-state index in [4.69, 9.17) is 16.7 Å². The van der Waals surface area contributed by atoms with Crippen molar-refractivity contribution in [3.63, 3.8) is 0 Å². The monoisotopic (exact) mass is 300 g/mol. The SMILES string of the molecule is CC(CC(=O)O)CC(=O)Nc1cc([N+](=O)[O-])ccc1Cl. The van der Waals surface area contributed by atoms with E-state index >= 15 is 0 Å². The number of hydrogen-bond acceptors (Lipinski definition) is 4. The molecule has 1 aromatic carbocycles. The highest BCUT2D eigenvalue weighted by Crippen LogP contribution is 2.27. The van der Waals surface area contributed by atoms with Gasteiger partial charge in [0.1, 0.15) is 0 Å². The molecule has 0 radical (unpaired) electrons. The van der Waals surface area contributed by atoms with Crippen LogP contribution in [0.1, 0.15) is 19.8 Å². The first-order valence-corrected chi connectivity index (χ1v) is 6.13. The van der Waals surface area contributed by atoms with Crippen molar-refractivity contribution in [1.82, 2.24) is 0 Å². The predicted octanol–water partition coefficient (Wildman–Crippen LogP) is 2.69. The van der Waals surface area contributed by atoms with Gasteiger partial charge in [-0.3, -0.25) is 19.7 Å². The van der Waals surface area contributed by atoms with Crippen LogP contribution >= 0.6 is 11.6 Å². The standard InChI is InChI=1S/C12H13ClN2O5/c1-7(5-12(17)18)4-11(16)14-10-6-8(15(19)20)2-3-9(10)13/h2-3,6-7H,4-5H2,1H3,(H,14,16)(H,17,18). The molecule has 1 amide bonds. The number of aliphatic carboxylic acids is 1. The zero-order valence-corrected chi connectivity index (χ0v) is 11.4. The number of nitro groups is 1. The smallest absolute Gasteiger partial charge is 0.303 e. The number of nitrogens with zero attached hydrogens (tertiary/aromatic N) is 1. The van der Waals surface area contributed by atoms with Crippen molar-refractivity contribution in [1.29, 1.82) is 0 Å². The molecule has 0 aliphatic heterocycles. The van der Waals surface area contributed by atoms with E-state index < -0.39 is 16.8 Å². The summed E-state index contributed by atoms with van der Waals surface area (Å²) in [6.45, 7) is 1.63. The Labute approximate surface area is 119 Å². The number of anilines is 1. The second-order valence-electron chi connectivity index (χ2n) is 4.38. The number of rotatable bonds is 6. The molecule has 1 atom stereocenters. The first-order valence-electron chi connectivity index (χ1n) is 5.75. The fourth-order valence-electron chi connectivity index (χ4n) is 1.61. The summed E-state index contributed by atoms with van der Waals surface area (Å²) in [6.07, 6.45) is -0.137. The average Bonchev–Trinajstić information content (AvgIpc) is 2.30. The lowest BCUT2D eigenvalue weighted by atomic mass is 10.0. The average molecular weight is 301 g/mol. The first kappa shape index (κ1) is 15.9. The van der Waals surface area contributed by atoms with Gasteiger partial charge in [-0.2, -0.15) is 0 Å². The quantitative estimate of drug-likeness (QED) is 0.620. The molecule has 0 aromatic heterocycles. The Morgan fingerprint density at radius 1 is 1.45 bits per heavy atom. The van der Waals surface area contributed by atoms with Crippen LogP contribution in [0.15, 0.2) is 18.2 Å². The van der Waals surface area contributed by atoms with E-state index in [1.165, 1.54) is 12.1 Å². The highest BCUT2D eigenvalue weighted by molar-refractivity contribution is 6.33. The first-order chi connectivity index (χ1) is 9.29. The number of carbonyl (C=O) groups is 2. The molecular formula is C12H13ClN2O5. The Hall–Kier alpha value is -2.15. The van der Waals surface area contributed by atoms with Gasteiger partial charge in [0.05, 0.1) is 15.6 Å². The molecule has 0 saturated heterocycles. The van der Waals surface area contributed by atoms with Crippen molar-refractivity contribution in [3.05, 3.63) is 33.3 Å². The molecule has 1 unspecified atom stereocenters. The van der Waals surface area contributed by atoms with Gasteiger partial charge in [-0.05, 0) is 12.0 Å². The number of hydrogen-bond donors (Lipinski definition) is 2. The van der Waals surface area contributed by atoms with Crippen LogP contribution in [-0.2, 0) is 9.59 Å². The van der Waals surface area contributed by atoms with Crippen LogP contribution in [0.2, 0.25) is 5.02 Å². The lowest BCUT2D eigenvalue weighted by molar-refractivity contribution is -0.384. The van der Waals surface area contributed by atoms with Gasteiger partial charge in [-0.1, -0.05) is 18.5 Å². The maximum absolute atomic E-state index is 11.7. The number of amides is 1. The number of nitro benzene ring substituents is 1. The van der Waals surface area contributed by atoms with Gasteiger partial charge in [0.15, 0.2) is 0 Å². The van der Waals surface area contributed by atoms with Crippen molar-refractivity contribution in [3.8, 4) is 0 Å². The largest absolute Gasteiger partial charge is 0.481 e. The Bertz CT molecular complexity index is 547. The molecular weight excluding hydrogens is 288 g/mol. The van der Waals surface area contributed by atoms with Gasteiger partial charge in [0, 0.05) is 25.0 Å². The summed E-state index contributed by atoms with van der Waals surface area (Å²) >= 11 is 5.83. The van der Waals surface area contributed by atoms with Crippen LogP contribution in [0.4, 0.5) is 11.4 Å². The minimum absolute atomic E-state index is 0.00861.